The highest BCUT2D eigenvalue weighted by Crippen LogP contribution is 2.18. The third kappa shape index (κ3) is 5.61. The van der Waals surface area contributed by atoms with Crippen molar-refractivity contribution in [2.24, 2.45) is 5.92 Å². The Hall–Kier alpha value is -1.78. The van der Waals surface area contributed by atoms with Crippen LogP contribution in [0, 0.1) is 5.92 Å². The summed E-state index contributed by atoms with van der Waals surface area (Å²) in [5.41, 5.74) is 6.49. The van der Waals surface area contributed by atoms with E-state index in [2.05, 4.69) is 24.1 Å². The van der Waals surface area contributed by atoms with Gasteiger partial charge >= 0.3 is 5.97 Å². The highest BCUT2D eigenvalue weighted by Gasteiger charge is 2.13. The first-order valence-electron chi connectivity index (χ1n) is 7.78. The van der Waals surface area contributed by atoms with Crippen LogP contribution in [0.15, 0.2) is 12.3 Å². The minimum atomic E-state index is -0.404. The normalized spacial score (nSPS) is 12.0. The zero-order valence-electron chi connectivity index (χ0n) is 13.3. The SMILES string of the molecule is CCCCC(CC)CNc1cc(C(=O)OCC)c(N)cn1. The molecule has 0 spiro atoms. The second-order valence-corrected chi connectivity index (χ2v) is 5.17. The molecule has 0 aliphatic rings. The van der Waals surface area contributed by atoms with Crippen molar-refractivity contribution in [1.82, 2.24) is 4.98 Å². The fourth-order valence-electron chi connectivity index (χ4n) is 2.14. The molecule has 0 amide bonds. The fourth-order valence-corrected chi connectivity index (χ4v) is 2.14. The maximum absolute atomic E-state index is 11.8. The number of pyridine rings is 1. The number of carbonyl (C=O) groups is 1. The van der Waals surface area contributed by atoms with Gasteiger partial charge in [-0.05, 0) is 25.3 Å². The summed E-state index contributed by atoms with van der Waals surface area (Å²) in [7, 11) is 0. The van der Waals surface area contributed by atoms with Gasteiger partial charge in [-0.3, -0.25) is 0 Å². The van der Waals surface area contributed by atoms with E-state index in [1.54, 1.807) is 13.0 Å². The molecule has 0 saturated heterocycles. The standard InChI is InChI=1S/C16H27N3O2/c1-4-7-8-12(5-2)10-18-15-9-13(14(17)11-19-15)16(20)21-6-3/h9,11-12H,4-8,10,17H2,1-3H3,(H,18,19). The molecule has 118 valence electrons. The number of nitrogen functional groups attached to an aromatic ring is 1. The quantitative estimate of drug-likeness (QED) is 0.682. The van der Waals surface area contributed by atoms with Crippen LogP contribution in [-0.4, -0.2) is 24.1 Å². The number of ether oxygens (including phenoxy) is 1. The predicted octanol–water partition coefficient (Wildman–Crippen LogP) is 3.47. The highest BCUT2D eigenvalue weighted by molar-refractivity contribution is 5.95. The first-order valence-corrected chi connectivity index (χ1v) is 7.78. The van der Waals surface area contributed by atoms with Crippen LogP contribution in [0.4, 0.5) is 11.5 Å². The number of rotatable bonds is 9. The molecule has 0 radical (unpaired) electrons. The monoisotopic (exact) mass is 293 g/mol. The largest absolute Gasteiger partial charge is 0.462 e. The van der Waals surface area contributed by atoms with Gasteiger partial charge in [0, 0.05) is 6.54 Å². The topological polar surface area (TPSA) is 77.2 Å². The van der Waals surface area contributed by atoms with Gasteiger partial charge < -0.3 is 15.8 Å². The molecule has 0 saturated carbocycles. The molecule has 1 aromatic rings. The fraction of sp³-hybridized carbons (Fsp3) is 0.625. The van der Waals surface area contributed by atoms with Gasteiger partial charge in [-0.2, -0.15) is 0 Å². The maximum atomic E-state index is 11.8. The molecule has 1 heterocycles. The lowest BCUT2D eigenvalue weighted by molar-refractivity contribution is 0.0527. The molecule has 0 bridgehead atoms. The average molecular weight is 293 g/mol. The molecule has 1 unspecified atom stereocenters. The average Bonchev–Trinajstić information content (AvgIpc) is 2.49. The molecule has 1 atom stereocenters. The predicted molar refractivity (Wildman–Crippen MR) is 86.4 cm³/mol. The Labute approximate surface area is 127 Å². The molecule has 1 aromatic heterocycles. The van der Waals surface area contributed by atoms with Crippen molar-refractivity contribution in [3.05, 3.63) is 17.8 Å². The number of anilines is 2. The van der Waals surface area contributed by atoms with E-state index < -0.39 is 5.97 Å². The zero-order chi connectivity index (χ0) is 15.7. The molecule has 5 nitrogen and oxygen atoms in total. The van der Waals surface area contributed by atoms with Crippen LogP contribution in [0.2, 0.25) is 0 Å². The molecular weight excluding hydrogens is 266 g/mol. The van der Waals surface area contributed by atoms with Crippen LogP contribution >= 0.6 is 0 Å². The van der Waals surface area contributed by atoms with Gasteiger partial charge in [-0.1, -0.05) is 33.1 Å². The van der Waals surface area contributed by atoms with Gasteiger partial charge in [-0.25, -0.2) is 9.78 Å². The summed E-state index contributed by atoms with van der Waals surface area (Å²) in [6.45, 7) is 7.36. The number of hydrogen-bond donors (Lipinski definition) is 2. The van der Waals surface area contributed by atoms with Crippen molar-refractivity contribution in [2.75, 3.05) is 24.2 Å². The number of unbranched alkanes of at least 4 members (excludes halogenated alkanes) is 1. The van der Waals surface area contributed by atoms with E-state index in [0.29, 0.717) is 29.6 Å². The highest BCUT2D eigenvalue weighted by atomic mass is 16.5. The number of hydrogen-bond acceptors (Lipinski definition) is 5. The Balaban J connectivity index is 2.67. The summed E-state index contributed by atoms with van der Waals surface area (Å²) in [5.74, 6) is 0.885. The van der Waals surface area contributed by atoms with E-state index >= 15 is 0 Å². The lowest BCUT2D eigenvalue weighted by atomic mass is 9.99. The molecule has 1 rings (SSSR count). The number of nitrogens with one attached hydrogen (secondary N) is 1. The lowest BCUT2D eigenvalue weighted by Crippen LogP contribution is -2.15. The Morgan fingerprint density at radius 3 is 2.81 bits per heavy atom. The van der Waals surface area contributed by atoms with Crippen LogP contribution in [-0.2, 0) is 4.74 Å². The van der Waals surface area contributed by atoms with E-state index in [4.69, 9.17) is 10.5 Å². The number of aromatic nitrogens is 1. The second-order valence-electron chi connectivity index (χ2n) is 5.17. The second kappa shape index (κ2) is 9.21. The van der Waals surface area contributed by atoms with Crippen molar-refractivity contribution in [3.8, 4) is 0 Å². The van der Waals surface area contributed by atoms with Gasteiger partial charge in [0.25, 0.3) is 0 Å². The molecular formula is C16H27N3O2. The van der Waals surface area contributed by atoms with Crippen molar-refractivity contribution in [2.45, 2.75) is 46.5 Å². The van der Waals surface area contributed by atoms with E-state index in [1.807, 2.05) is 0 Å². The van der Waals surface area contributed by atoms with Gasteiger partial charge in [0.1, 0.15) is 5.82 Å². The van der Waals surface area contributed by atoms with E-state index in [1.165, 1.54) is 25.5 Å². The van der Waals surface area contributed by atoms with Crippen LogP contribution in [0.5, 0.6) is 0 Å². The molecule has 3 N–H and O–H groups in total. The Kier molecular flexibility index (Phi) is 7.58. The van der Waals surface area contributed by atoms with Crippen LogP contribution in [0.1, 0.15) is 56.8 Å². The Morgan fingerprint density at radius 2 is 2.19 bits per heavy atom. The number of esters is 1. The minimum Gasteiger partial charge on any atom is -0.462 e. The summed E-state index contributed by atoms with van der Waals surface area (Å²) in [5, 5.41) is 3.29. The summed E-state index contributed by atoms with van der Waals surface area (Å²) in [6.07, 6.45) is 6.29. The molecule has 0 aliphatic heterocycles. The maximum Gasteiger partial charge on any atom is 0.340 e. The summed E-state index contributed by atoms with van der Waals surface area (Å²) in [4.78, 5) is 16.0. The lowest BCUT2D eigenvalue weighted by Gasteiger charge is -2.16. The molecule has 5 heteroatoms. The van der Waals surface area contributed by atoms with Gasteiger partial charge in [0.05, 0.1) is 24.1 Å². The van der Waals surface area contributed by atoms with Crippen LogP contribution in [0.25, 0.3) is 0 Å². The Bertz CT molecular complexity index is 449. The van der Waals surface area contributed by atoms with Crippen molar-refractivity contribution in [1.29, 1.82) is 0 Å². The molecule has 21 heavy (non-hydrogen) atoms. The number of carbonyl (C=O) groups excluding carboxylic acids is 1. The van der Waals surface area contributed by atoms with Crippen molar-refractivity contribution < 1.29 is 9.53 Å². The zero-order valence-corrected chi connectivity index (χ0v) is 13.3. The summed E-state index contributed by atoms with van der Waals surface area (Å²) < 4.78 is 4.99. The van der Waals surface area contributed by atoms with Crippen molar-refractivity contribution in [3.63, 3.8) is 0 Å². The third-order valence-corrected chi connectivity index (χ3v) is 3.55. The van der Waals surface area contributed by atoms with E-state index in [9.17, 15) is 4.79 Å². The molecule has 0 aromatic carbocycles. The Morgan fingerprint density at radius 1 is 1.43 bits per heavy atom. The van der Waals surface area contributed by atoms with Gasteiger partial charge in [-0.15, -0.1) is 0 Å². The number of nitrogens with two attached hydrogens (primary N) is 1. The van der Waals surface area contributed by atoms with Gasteiger partial charge in [0.2, 0.25) is 0 Å². The van der Waals surface area contributed by atoms with Crippen LogP contribution < -0.4 is 11.1 Å². The minimum absolute atomic E-state index is 0.332. The van der Waals surface area contributed by atoms with Crippen LogP contribution in [0.3, 0.4) is 0 Å². The third-order valence-electron chi connectivity index (χ3n) is 3.55. The van der Waals surface area contributed by atoms with E-state index in [0.717, 1.165) is 13.0 Å². The first kappa shape index (κ1) is 17.3. The summed E-state index contributed by atoms with van der Waals surface area (Å²) >= 11 is 0. The summed E-state index contributed by atoms with van der Waals surface area (Å²) in [6, 6.07) is 1.67. The molecule has 0 aliphatic carbocycles. The first-order chi connectivity index (χ1) is 10.1. The van der Waals surface area contributed by atoms with E-state index in [-0.39, 0.29) is 0 Å². The molecule has 0 fully saturated rings. The smallest absolute Gasteiger partial charge is 0.340 e. The van der Waals surface area contributed by atoms with Crippen molar-refractivity contribution >= 4 is 17.5 Å². The van der Waals surface area contributed by atoms with Gasteiger partial charge in [0.15, 0.2) is 0 Å². The number of nitrogens with zero attached hydrogens (tertiary/aromatic N) is 1.